The van der Waals surface area contributed by atoms with Crippen molar-refractivity contribution in [2.24, 2.45) is 12.0 Å². The Labute approximate surface area is 155 Å². The lowest BCUT2D eigenvalue weighted by Crippen LogP contribution is -2.47. The highest BCUT2D eigenvalue weighted by molar-refractivity contribution is 7.10. The van der Waals surface area contributed by atoms with E-state index in [4.69, 9.17) is 0 Å². The molecule has 3 rings (SSSR count). The van der Waals surface area contributed by atoms with Gasteiger partial charge in [-0.15, -0.1) is 11.3 Å². The van der Waals surface area contributed by atoms with E-state index in [0.29, 0.717) is 6.04 Å². The summed E-state index contributed by atoms with van der Waals surface area (Å²) in [6, 6.07) is 6.99. The summed E-state index contributed by atoms with van der Waals surface area (Å²) in [5.74, 6) is 0.946. The fourth-order valence-electron chi connectivity index (χ4n) is 3.38. The molecule has 1 atom stereocenters. The molecule has 25 heavy (non-hydrogen) atoms. The first-order chi connectivity index (χ1) is 12.1. The normalized spacial score (nSPS) is 16.6. The maximum absolute atomic E-state index is 4.45. The minimum absolute atomic E-state index is 0.480. The highest BCUT2D eigenvalue weighted by Crippen LogP contribution is 2.24. The molecule has 0 aliphatic carbocycles. The number of hydrogen-bond donors (Lipinski definition) is 1. The lowest BCUT2D eigenvalue weighted by Gasteiger charge is -2.33. The summed E-state index contributed by atoms with van der Waals surface area (Å²) < 4.78 is 2.15. The molecule has 136 valence electrons. The molecule has 1 N–H and O–H groups in total. The van der Waals surface area contributed by atoms with E-state index in [0.717, 1.165) is 32.1 Å². The van der Waals surface area contributed by atoms with Crippen LogP contribution in [0.25, 0.3) is 0 Å². The molecule has 1 aliphatic rings. The standard InChI is InChI=1S/C19H29N5S/c1-15(24-10-7-18-16(13-24)8-11-25-18)12-21-19(20-2)23(4)14-17-6-5-9-22(17)3/h5-6,8-9,11,15H,7,10,12-14H2,1-4H3,(H,20,21). The molecular weight excluding hydrogens is 330 g/mol. The van der Waals surface area contributed by atoms with Crippen molar-refractivity contribution in [3.63, 3.8) is 0 Å². The van der Waals surface area contributed by atoms with E-state index in [1.54, 1.807) is 4.88 Å². The number of nitrogens with zero attached hydrogens (tertiary/aromatic N) is 4. The summed E-state index contributed by atoms with van der Waals surface area (Å²) in [5, 5.41) is 5.76. The van der Waals surface area contributed by atoms with Crippen LogP contribution in [0.5, 0.6) is 0 Å². The predicted molar refractivity (Wildman–Crippen MR) is 106 cm³/mol. The predicted octanol–water partition coefficient (Wildman–Crippen LogP) is 2.54. The van der Waals surface area contributed by atoms with Crippen molar-refractivity contribution in [2.45, 2.75) is 32.5 Å². The van der Waals surface area contributed by atoms with Crippen molar-refractivity contribution < 1.29 is 0 Å². The largest absolute Gasteiger partial charge is 0.355 e. The summed E-state index contributed by atoms with van der Waals surface area (Å²) in [6.45, 7) is 6.27. The summed E-state index contributed by atoms with van der Waals surface area (Å²) in [7, 11) is 6.02. The number of aliphatic imine (C=N–C) groups is 1. The van der Waals surface area contributed by atoms with Gasteiger partial charge in [0, 0.05) is 63.6 Å². The van der Waals surface area contributed by atoms with Gasteiger partial charge in [0.1, 0.15) is 0 Å². The molecular formula is C19H29N5S. The monoisotopic (exact) mass is 359 g/mol. The Morgan fingerprint density at radius 2 is 2.28 bits per heavy atom. The Balaban J connectivity index is 1.51. The van der Waals surface area contributed by atoms with Crippen LogP contribution in [0.4, 0.5) is 0 Å². The Morgan fingerprint density at radius 3 is 3.00 bits per heavy atom. The van der Waals surface area contributed by atoms with Crippen LogP contribution in [-0.4, -0.2) is 53.6 Å². The van der Waals surface area contributed by atoms with E-state index in [-0.39, 0.29) is 0 Å². The van der Waals surface area contributed by atoms with Crippen molar-refractivity contribution in [3.8, 4) is 0 Å². The number of thiophene rings is 1. The zero-order valence-corrected chi connectivity index (χ0v) is 16.5. The molecule has 0 bridgehead atoms. The fourth-order valence-corrected chi connectivity index (χ4v) is 4.27. The summed E-state index contributed by atoms with van der Waals surface area (Å²) in [5.41, 5.74) is 2.79. The van der Waals surface area contributed by atoms with E-state index in [1.165, 1.54) is 17.7 Å². The molecule has 5 nitrogen and oxygen atoms in total. The number of hydrogen-bond acceptors (Lipinski definition) is 3. The van der Waals surface area contributed by atoms with Gasteiger partial charge < -0.3 is 14.8 Å². The van der Waals surface area contributed by atoms with Crippen molar-refractivity contribution in [2.75, 3.05) is 27.2 Å². The first-order valence-corrected chi connectivity index (χ1v) is 9.77. The van der Waals surface area contributed by atoms with Gasteiger partial charge in [-0.2, -0.15) is 0 Å². The zero-order valence-electron chi connectivity index (χ0n) is 15.7. The van der Waals surface area contributed by atoms with Crippen molar-refractivity contribution in [3.05, 3.63) is 45.9 Å². The van der Waals surface area contributed by atoms with Gasteiger partial charge >= 0.3 is 0 Å². The third kappa shape index (κ3) is 4.25. The molecule has 0 fully saturated rings. The SMILES string of the molecule is CN=C(NCC(C)N1CCc2sccc2C1)N(C)Cc1cccn1C. The second-order valence-corrected chi connectivity index (χ2v) is 7.83. The van der Waals surface area contributed by atoms with Crippen LogP contribution in [0.1, 0.15) is 23.1 Å². The quantitative estimate of drug-likeness (QED) is 0.658. The smallest absolute Gasteiger partial charge is 0.193 e. The zero-order chi connectivity index (χ0) is 17.8. The van der Waals surface area contributed by atoms with E-state index >= 15 is 0 Å². The van der Waals surface area contributed by atoms with Crippen LogP contribution in [0.3, 0.4) is 0 Å². The van der Waals surface area contributed by atoms with Gasteiger partial charge in [-0.25, -0.2) is 0 Å². The van der Waals surface area contributed by atoms with Crippen LogP contribution < -0.4 is 5.32 Å². The molecule has 0 amide bonds. The second-order valence-electron chi connectivity index (χ2n) is 6.83. The third-order valence-electron chi connectivity index (χ3n) is 5.04. The van der Waals surface area contributed by atoms with E-state index < -0.39 is 0 Å². The highest BCUT2D eigenvalue weighted by atomic mass is 32.1. The minimum atomic E-state index is 0.480. The van der Waals surface area contributed by atoms with Gasteiger partial charge in [0.25, 0.3) is 0 Å². The molecule has 0 spiro atoms. The topological polar surface area (TPSA) is 35.8 Å². The van der Waals surface area contributed by atoms with Gasteiger partial charge in [0.05, 0.1) is 6.54 Å². The van der Waals surface area contributed by atoms with Crippen LogP contribution in [0.15, 0.2) is 34.8 Å². The first kappa shape index (κ1) is 18.0. The average molecular weight is 360 g/mol. The molecule has 0 saturated carbocycles. The molecule has 0 radical (unpaired) electrons. The van der Waals surface area contributed by atoms with E-state index in [1.807, 2.05) is 18.4 Å². The van der Waals surface area contributed by atoms with Gasteiger partial charge in [0.15, 0.2) is 5.96 Å². The molecule has 0 aromatic carbocycles. The van der Waals surface area contributed by atoms with Crippen molar-refractivity contribution in [1.29, 1.82) is 0 Å². The third-order valence-corrected chi connectivity index (χ3v) is 6.06. The van der Waals surface area contributed by atoms with Crippen LogP contribution in [0, 0.1) is 0 Å². The molecule has 2 aromatic rings. The maximum atomic E-state index is 4.45. The number of rotatable bonds is 5. The molecule has 1 aliphatic heterocycles. The summed E-state index contributed by atoms with van der Waals surface area (Å²) >= 11 is 1.90. The number of aromatic nitrogens is 1. The molecule has 3 heterocycles. The molecule has 0 saturated heterocycles. The van der Waals surface area contributed by atoms with Crippen LogP contribution in [-0.2, 0) is 26.6 Å². The lowest BCUT2D eigenvalue weighted by atomic mass is 10.1. The Morgan fingerprint density at radius 1 is 1.44 bits per heavy atom. The average Bonchev–Trinajstić information content (AvgIpc) is 3.23. The van der Waals surface area contributed by atoms with Gasteiger partial charge in [-0.3, -0.25) is 9.89 Å². The highest BCUT2D eigenvalue weighted by Gasteiger charge is 2.21. The molecule has 1 unspecified atom stereocenters. The minimum Gasteiger partial charge on any atom is -0.355 e. The van der Waals surface area contributed by atoms with Crippen molar-refractivity contribution in [1.82, 2.24) is 19.7 Å². The van der Waals surface area contributed by atoms with Gasteiger partial charge in [-0.05, 0) is 42.5 Å². The fraction of sp³-hybridized carbons (Fsp3) is 0.526. The molecule has 6 heteroatoms. The number of fused-ring (bicyclic) bond motifs is 1. The van der Waals surface area contributed by atoms with Gasteiger partial charge in [0.2, 0.25) is 0 Å². The van der Waals surface area contributed by atoms with Crippen molar-refractivity contribution >= 4 is 17.3 Å². The first-order valence-electron chi connectivity index (χ1n) is 8.89. The number of nitrogens with one attached hydrogen (secondary N) is 1. The summed E-state index contributed by atoms with van der Waals surface area (Å²) in [6.07, 6.45) is 3.26. The van der Waals surface area contributed by atoms with Gasteiger partial charge in [-0.1, -0.05) is 0 Å². The van der Waals surface area contributed by atoms with Crippen LogP contribution >= 0.6 is 11.3 Å². The maximum Gasteiger partial charge on any atom is 0.193 e. The second kappa shape index (κ2) is 8.06. The van der Waals surface area contributed by atoms with Crippen LogP contribution in [0.2, 0.25) is 0 Å². The Bertz CT molecular complexity index is 717. The van der Waals surface area contributed by atoms with E-state index in [9.17, 15) is 0 Å². The number of aryl methyl sites for hydroxylation is 1. The Kier molecular flexibility index (Phi) is 5.81. The van der Waals surface area contributed by atoms with E-state index in [2.05, 4.69) is 75.5 Å². The lowest BCUT2D eigenvalue weighted by molar-refractivity contribution is 0.192. The number of guanidine groups is 1. The molecule has 2 aromatic heterocycles. The summed E-state index contributed by atoms with van der Waals surface area (Å²) in [4.78, 5) is 10.8. The Hall–Kier alpha value is -1.79.